The second-order valence-corrected chi connectivity index (χ2v) is 3.79. The molecule has 2 atom stereocenters. The lowest BCUT2D eigenvalue weighted by Crippen LogP contribution is -2.02. The molecule has 0 spiro atoms. The van der Waals surface area contributed by atoms with Crippen LogP contribution in [0.4, 0.5) is 0 Å². The average molecular weight is 173 g/mol. The fraction of sp³-hybridized carbons (Fsp3) is 0.714. The van der Waals surface area contributed by atoms with Gasteiger partial charge < -0.3 is 0 Å². The first-order valence-corrected chi connectivity index (χ1v) is 4.12. The van der Waals surface area contributed by atoms with Crippen LogP contribution in [0.3, 0.4) is 0 Å². The van der Waals surface area contributed by atoms with E-state index in [2.05, 4.69) is 28.1 Å². The summed E-state index contributed by atoms with van der Waals surface area (Å²) in [7, 11) is 0. The molecular formula is C7H9Br. The molecule has 0 heterocycles. The number of hydrogen-bond acceptors (Lipinski definition) is 0. The molecule has 8 heavy (non-hydrogen) atoms. The number of fused-ring (bicyclic) bond motifs is 2. The van der Waals surface area contributed by atoms with Crippen LogP contribution >= 0.6 is 15.9 Å². The monoisotopic (exact) mass is 172 g/mol. The number of alkyl halides is 1. The summed E-state index contributed by atoms with van der Waals surface area (Å²) in [5, 5.41) is 0. The predicted molar refractivity (Wildman–Crippen MR) is 38.1 cm³/mol. The maximum atomic E-state index is 3.67. The highest BCUT2D eigenvalue weighted by Crippen LogP contribution is 2.43. The summed E-state index contributed by atoms with van der Waals surface area (Å²) in [6.07, 6.45) is 7.54. The second kappa shape index (κ2) is 1.60. The van der Waals surface area contributed by atoms with Crippen molar-refractivity contribution >= 4 is 15.9 Å². The van der Waals surface area contributed by atoms with Gasteiger partial charge in [-0.1, -0.05) is 28.1 Å². The maximum Gasteiger partial charge on any atom is 0.0271 e. The molecule has 2 bridgehead atoms. The SMILES string of the molecule is BrC1[C@@H]2C=C[C@@H]1CC2. The molecule has 1 saturated carbocycles. The number of rotatable bonds is 0. The Morgan fingerprint density at radius 3 is 1.75 bits per heavy atom. The van der Waals surface area contributed by atoms with Gasteiger partial charge in [0.2, 0.25) is 0 Å². The zero-order valence-corrected chi connectivity index (χ0v) is 6.26. The number of allylic oxidation sites excluding steroid dienone is 2. The normalized spacial score (nSPS) is 50.9. The molecule has 1 fully saturated rings. The smallest absolute Gasteiger partial charge is 0.0271 e. The molecular weight excluding hydrogens is 164 g/mol. The van der Waals surface area contributed by atoms with Gasteiger partial charge in [0.05, 0.1) is 0 Å². The van der Waals surface area contributed by atoms with Gasteiger partial charge in [0, 0.05) is 4.83 Å². The summed E-state index contributed by atoms with van der Waals surface area (Å²) >= 11 is 3.67. The average Bonchev–Trinajstić information content (AvgIpc) is 2.29. The van der Waals surface area contributed by atoms with Crippen LogP contribution in [-0.4, -0.2) is 4.83 Å². The van der Waals surface area contributed by atoms with Gasteiger partial charge in [-0.2, -0.15) is 0 Å². The molecule has 0 aromatic rings. The van der Waals surface area contributed by atoms with Gasteiger partial charge in [-0.25, -0.2) is 0 Å². The molecule has 0 nitrogen and oxygen atoms in total. The molecule has 0 radical (unpaired) electrons. The first-order chi connectivity index (χ1) is 3.88. The van der Waals surface area contributed by atoms with E-state index in [4.69, 9.17) is 0 Å². The topological polar surface area (TPSA) is 0 Å². The van der Waals surface area contributed by atoms with Crippen molar-refractivity contribution in [3.05, 3.63) is 12.2 Å². The van der Waals surface area contributed by atoms with E-state index in [0.717, 1.165) is 16.7 Å². The third-order valence-corrected chi connectivity index (χ3v) is 3.61. The van der Waals surface area contributed by atoms with Gasteiger partial charge in [-0.05, 0) is 24.7 Å². The van der Waals surface area contributed by atoms with Crippen molar-refractivity contribution in [3.63, 3.8) is 0 Å². The van der Waals surface area contributed by atoms with Crippen LogP contribution in [0.1, 0.15) is 12.8 Å². The van der Waals surface area contributed by atoms with Gasteiger partial charge in [0.1, 0.15) is 0 Å². The van der Waals surface area contributed by atoms with Crippen molar-refractivity contribution < 1.29 is 0 Å². The summed E-state index contributed by atoms with van der Waals surface area (Å²) in [6, 6.07) is 0. The Balaban J connectivity index is 2.27. The van der Waals surface area contributed by atoms with Crippen molar-refractivity contribution in [1.29, 1.82) is 0 Å². The first kappa shape index (κ1) is 5.04. The Bertz CT molecular complexity index is 114. The molecule has 0 aromatic carbocycles. The van der Waals surface area contributed by atoms with E-state index in [1.54, 1.807) is 0 Å². The van der Waals surface area contributed by atoms with E-state index in [-0.39, 0.29) is 0 Å². The van der Waals surface area contributed by atoms with E-state index in [1.807, 2.05) is 0 Å². The zero-order chi connectivity index (χ0) is 5.56. The quantitative estimate of drug-likeness (QED) is 0.389. The highest BCUT2D eigenvalue weighted by molar-refractivity contribution is 9.09. The van der Waals surface area contributed by atoms with Crippen LogP contribution in [-0.2, 0) is 0 Å². The fourth-order valence-corrected chi connectivity index (χ4v) is 2.59. The molecule has 0 saturated heterocycles. The largest absolute Gasteiger partial charge is 0.0878 e. The second-order valence-electron chi connectivity index (χ2n) is 2.73. The zero-order valence-electron chi connectivity index (χ0n) is 4.68. The number of hydrogen-bond donors (Lipinski definition) is 0. The lowest BCUT2D eigenvalue weighted by Gasteiger charge is -2.02. The molecule has 0 N–H and O–H groups in total. The molecule has 44 valence electrons. The van der Waals surface area contributed by atoms with E-state index in [0.29, 0.717) is 0 Å². The molecule has 2 rings (SSSR count). The Morgan fingerprint density at radius 1 is 1.12 bits per heavy atom. The molecule has 0 aliphatic heterocycles. The Kier molecular flexibility index (Phi) is 1.01. The minimum atomic E-state index is 0.794. The van der Waals surface area contributed by atoms with Crippen LogP contribution in [0.15, 0.2) is 12.2 Å². The third-order valence-electron chi connectivity index (χ3n) is 2.26. The molecule has 0 amide bonds. The summed E-state index contributed by atoms with van der Waals surface area (Å²) < 4.78 is 0. The third kappa shape index (κ3) is 0.511. The van der Waals surface area contributed by atoms with E-state index in [1.165, 1.54) is 12.8 Å². The fourth-order valence-electron chi connectivity index (χ4n) is 1.71. The predicted octanol–water partition coefficient (Wildman–Crippen LogP) is 2.35. The molecule has 2 aliphatic rings. The van der Waals surface area contributed by atoms with Crippen LogP contribution in [0, 0.1) is 11.8 Å². The molecule has 0 aromatic heterocycles. The van der Waals surface area contributed by atoms with Crippen LogP contribution in [0.25, 0.3) is 0 Å². The first-order valence-electron chi connectivity index (χ1n) is 3.20. The Labute approximate surface area is 58.1 Å². The van der Waals surface area contributed by atoms with Crippen LogP contribution in [0.2, 0.25) is 0 Å². The van der Waals surface area contributed by atoms with Crippen molar-refractivity contribution in [2.45, 2.75) is 17.7 Å². The van der Waals surface area contributed by atoms with Crippen molar-refractivity contribution in [2.24, 2.45) is 11.8 Å². The van der Waals surface area contributed by atoms with Gasteiger partial charge in [0.15, 0.2) is 0 Å². The highest BCUT2D eigenvalue weighted by atomic mass is 79.9. The van der Waals surface area contributed by atoms with Crippen molar-refractivity contribution in [2.75, 3.05) is 0 Å². The van der Waals surface area contributed by atoms with Crippen molar-refractivity contribution in [1.82, 2.24) is 0 Å². The minimum absolute atomic E-state index is 0.794. The molecule has 0 unspecified atom stereocenters. The van der Waals surface area contributed by atoms with Crippen LogP contribution < -0.4 is 0 Å². The van der Waals surface area contributed by atoms with Gasteiger partial charge in [0.25, 0.3) is 0 Å². The number of halogens is 1. The summed E-state index contributed by atoms with van der Waals surface area (Å²) in [5.74, 6) is 1.75. The summed E-state index contributed by atoms with van der Waals surface area (Å²) in [5.41, 5.74) is 0. The Morgan fingerprint density at radius 2 is 1.62 bits per heavy atom. The highest BCUT2D eigenvalue weighted by Gasteiger charge is 2.35. The summed E-state index contributed by atoms with van der Waals surface area (Å²) in [6.45, 7) is 0. The standard InChI is InChI=1S/C7H9Br/c8-7-5-1-2-6(7)4-3-5/h1-2,5-7H,3-4H2/t5-,6-/m1/s1. The molecule has 1 heteroatoms. The molecule has 2 aliphatic carbocycles. The maximum absolute atomic E-state index is 3.67. The van der Waals surface area contributed by atoms with E-state index < -0.39 is 0 Å². The van der Waals surface area contributed by atoms with Gasteiger partial charge in [-0.3, -0.25) is 0 Å². The van der Waals surface area contributed by atoms with E-state index >= 15 is 0 Å². The van der Waals surface area contributed by atoms with Gasteiger partial charge >= 0.3 is 0 Å². The summed E-state index contributed by atoms with van der Waals surface area (Å²) in [4.78, 5) is 0.794. The lowest BCUT2D eigenvalue weighted by molar-refractivity contribution is 0.705. The van der Waals surface area contributed by atoms with Crippen LogP contribution in [0.5, 0.6) is 0 Å². The lowest BCUT2D eigenvalue weighted by atomic mass is 10.1. The Hall–Kier alpha value is 0.220. The minimum Gasteiger partial charge on any atom is -0.0878 e. The van der Waals surface area contributed by atoms with Gasteiger partial charge in [-0.15, -0.1) is 0 Å². The van der Waals surface area contributed by atoms with Crippen molar-refractivity contribution in [3.8, 4) is 0 Å². The van der Waals surface area contributed by atoms with E-state index in [9.17, 15) is 0 Å².